The van der Waals surface area contributed by atoms with Crippen molar-refractivity contribution in [1.82, 2.24) is 14.8 Å². The molecule has 3 aromatic rings. The van der Waals surface area contributed by atoms with Crippen molar-refractivity contribution in [3.63, 3.8) is 0 Å². The monoisotopic (exact) mass is 380 g/mol. The van der Waals surface area contributed by atoms with E-state index >= 15 is 0 Å². The number of carbonyl (C=O) groups is 1. The maximum absolute atomic E-state index is 11.8. The molecule has 1 N–H and O–H groups in total. The number of aromatic nitrogens is 3. The molecule has 3 rings (SSSR count). The van der Waals surface area contributed by atoms with Crippen molar-refractivity contribution in [2.24, 2.45) is 7.05 Å². The van der Waals surface area contributed by atoms with Gasteiger partial charge in [-0.3, -0.25) is 15.0 Å². The maximum Gasteiger partial charge on any atom is 0.412 e. The summed E-state index contributed by atoms with van der Waals surface area (Å²) in [5, 5.41) is 7.04. The Morgan fingerprint density at radius 2 is 1.79 bits per heavy atom. The van der Waals surface area contributed by atoms with E-state index in [0.717, 1.165) is 17.1 Å². The number of nitrogens with one attached hydrogen (secondary N) is 1. The average Bonchev–Trinajstić information content (AvgIpc) is 2.93. The highest BCUT2D eigenvalue weighted by Gasteiger charge is 2.16. The molecule has 0 saturated carbocycles. The van der Waals surface area contributed by atoms with E-state index in [2.05, 4.69) is 15.4 Å². The van der Waals surface area contributed by atoms with Gasteiger partial charge in [0, 0.05) is 25.0 Å². The SMILES string of the molecule is Cc1cc(-c2cc(Oc3ccc(NC(=O)OC(C)(C)C)cc3)ccn2)n(C)n1. The summed E-state index contributed by atoms with van der Waals surface area (Å²) in [5.74, 6) is 1.31. The first-order chi connectivity index (χ1) is 13.2. The van der Waals surface area contributed by atoms with Crippen LogP contribution in [0.3, 0.4) is 0 Å². The van der Waals surface area contributed by atoms with E-state index < -0.39 is 11.7 Å². The third kappa shape index (κ3) is 5.09. The highest BCUT2D eigenvalue weighted by molar-refractivity contribution is 5.84. The molecule has 0 saturated heterocycles. The molecule has 0 aliphatic carbocycles. The number of pyridine rings is 1. The third-order valence-electron chi connectivity index (χ3n) is 3.73. The summed E-state index contributed by atoms with van der Waals surface area (Å²) >= 11 is 0. The second kappa shape index (κ2) is 7.72. The van der Waals surface area contributed by atoms with Crippen LogP contribution < -0.4 is 10.1 Å². The largest absolute Gasteiger partial charge is 0.457 e. The molecular formula is C21H24N4O3. The van der Waals surface area contributed by atoms with Crippen LogP contribution in [0, 0.1) is 6.92 Å². The molecule has 0 bridgehead atoms. The van der Waals surface area contributed by atoms with Crippen LogP contribution in [-0.2, 0) is 11.8 Å². The molecule has 0 unspecified atom stereocenters. The lowest BCUT2D eigenvalue weighted by Crippen LogP contribution is -2.27. The van der Waals surface area contributed by atoms with E-state index in [1.165, 1.54) is 0 Å². The van der Waals surface area contributed by atoms with E-state index in [0.29, 0.717) is 17.2 Å². The van der Waals surface area contributed by atoms with Gasteiger partial charge in [0.25, 0.3) is 0 Å². The number of nitrogens with zero attached hydrogens (tertiary/aromatic N) is 3. The quantitative estimate of drug-likeness (QED) is 0.694. The lowest BCUT2D eigenvalue weighted by atomic mass is 10.2. The molecule has 0 aliphatic heterocycles. The van der Waals surface area contributed by atoms with Crippen molar-refractivity contribution in [3.05, 3.63) is 54.4 Å². The number of benzene rings is 1. The lowest BCUT2D eigenvalue weighted by Gasteiger charge is -2.19. The molecule has 28 heavy (non-hydrogen) atoms. The Kier molecular flexibility index (Phi) is 5.35. The van der Waals surface area contributed by atoms with Gasteiger partial charge in [-0.15, -0.1) is 0 Å². The molecule has 2 heterocycles. The zero-order valence-corrected chi connectivity index (χ0v) is 16.7. The van der Waals surface area contributed by atoms with Crippen LogP contribution in [0.1, 0.15) is 26.5 Å². The molecule has 1 aromatic carbocycles. The van der Waals surface area contributed by atoms with Crippen molar-refractivity contribution in [1.29, 1.82) is 0 Å². The van der Waals surface area contributed by atoms with Gasteiger partial charge in [-0.1, -0.05) is 0 Å². The Morgan fingerprint density at radius 1 is 1.07 bits per heavy atom. The predicted octanol–water partition coefficient (Wildman–Crippen LogP) is 4.93. The predicted molar refractivity (Wildman–Crippen MR) is 108 cm³/mol. The van der Waals surface area contributed by atoms with Crippen LogP contribution in [0.5, 0.6) is 11.5 Å². The zero-order chi connectivity index (χ0) is 20.3. The highest BCUT2D eigenvalue weighted by atomic mass is 16.6. The summed E-state index contributed by atoms with van der Waals surface area (Å²) in [6, 6.07) is 12.7. The van der Waals surface area contributed by atoms with E-state index in [4.69, 9.17) is 9.47 Å². The normalized spacial score (nSPS) is 11.2. The van der Waals surface area contributed by atoms with E-state index in [1.807, 2.05) is 46.9 Å². The summed E-state index contributed by atoms with van der Waals surface area (Å²) in [4.78, 5) is 16.2. The van der Waals surface area contributed by atoms with Crippen LogP contribution >= 0.6 is 0 Å². The molecule has 7 heteroatoms. The number of ether oxygens (including phenoxy) is 2. The summed E-state index contributed by atoms with van der Waals surface area (Å²) in [5.41, 5.74) is 2.71. The fraction of sp³-hybridized carbons (Fsp3) is 0.286. The molecular weight excluding hydrogens is 356 g/mol. The first-order valence-corrected chi connectivity index (χ1v) is 8.94. The van der Waals surface area contributed by atoms with Crippen LogP contribution in [-0.4, -0.2) is 26.5 Å². The molecule has 0 atom stereocenters. The highest BCUT2D eigenvalue weighted by Crippen LogP contribution is 2.27. The van der Waals surface area contributed by atoms with Gasteiger partial charge in [0.15, 0.2) is 0 Å². The van der Waals surface area contributed by atoms with Gasteiger partial charge in [0.2, 0.25) is 0 Å². The Labute approximate surface area is 164 Å². The molecule has 146 valence electrons. The third-order valence-corrected chi connectivity index (χ3v) is 3.73. The Hall–Kier alpha value is -3.35. The number of aryl methyl sites for hydroxylation is 2. The molecule has 0 aliphatic rings. The van der Waals surface area contributed by atoms with E-state index in [-0.39, 0.29) is 0 Å². The number of carbonyl (C=O) groups excluding carboxylic acids is 1. The number of amides is 1. The lowest BCUT2D eigenvalue weighted by molar-refractivity contribution is 0.0636. The van der Waals surface area contributed by atoms with Gasteiger partial charge in [-0.05, 0) is 64.1 Å². The minimum atomic E-state index is -0.543. The number of hydrogen-bond donors (Lipinski definition) is 1. The topological polar surface area (TPSA) is 78.3 Å². The standard InChI is InChI=1S/C21H24N4O3/c1-14-12-19(25(5)24-14)18-13-17(10-11-22-18)27-16-8-6-15(7-9-16)23-20(26)28-21(2,3)4/h6-13H,1-5H3,(H,23,26). The first-order valence-electron chi connectivity index (χ1n) is 8.94. The minimum absolute atomic E-state index is 0.494. The van der Waals surface area contributed by atoms with Gasteiger partial charge in [0.1, 0.15) is 17.1 Å². The molecule has 2 aromatic heterocycles. The summed E-state index contributed by atoms with van der Waals surface area (Å²) in [6.07, 6.45) is 1.21. The Bertz CT molecular complexity index is 972. The fourth-order valence-electron chi connectivity index (χ4n) is 2.63. The average molecular weight is 380 g/mol. The van der Waals surface area contributed by atoms with Crippen LogP contribution in [0.4, 0.5) is 10.5 Å². The molecule has 0 fully saturated rings. The van der Waals surface area contributed by atoms with Gasteiger partial charge < -0.3 is 9.47 Å². The molecule has 0 spiro atoms. The Balaban J connectivity index is 1.68. The second-order valence-corrected chi connectivity index (χ2v) is 7.42. The summed E-state index contributed by atoms with van der Waals surface area (Å²) in [7, 11) is 1.88. The van der Waals surface area contributed by atoms with Gasteiger partial charge in [-0.25, -0.2) is 4.79 Å². The van der Waals surface area contributed by atoms with Crippen molar-refractivity contribution in [2.75, 3.05) is 5.32 Å². The number of rotatable bonds is 4. The van der Waals surface area contributed by atoms with Crippen LogP contribution in [0.2, 0.25) is 0 Å². The fourth-order valence-corrected chi connectivity index (χ4v) is 2.63. The van der Waals surface area contributed by atoms with Gasteiger partial charge in [0.05, 0.1) is 17.1 Å². The smallest absolute Gasteiger partial charge is 0.412 e. The number of anilines is 1. The molecule has 1 amide bonds. The molecule has 0 radical (unpaired) electrons. The van der Waals surface area contributed by atoms with Gasteiger partial charge >= 0.3 is 6.09 Å². The first kappa shape index (κ1) is 19.4. The minimum Gasteiger partial charge on any atom is -0.457 e. The number of hydrogen-bond acceptors (Lipinski definition) is 5. The van der Waals surface area contributed by atoms with Crippen molar-refractivity contribution in [2.45, 2.75) is 33.3 Å². The van der Waals surface area contributed by atoms with Gasteiger partial charge in [-0.2, -0.15) is 5.10 Å². The van der Waals surface area contributed by atoms with E-state index in [9.17, 15) is 4.79 Å². The Morgan fingerprint density at radius 3 is 2.39 bits per heavy atom. The molecule has 7 nitrogen and oxygen atoms in total. The zero-order valence-electron chi connectivity index (χ0n) is 16.7. The van der Waals surface area contributed by atoms with Crippen LogP contribution in [0.25, 0.3) is 11.4 Å². The van der Waals surface area contributed by atoms with Crippen molar-refractivity contribution >= 4 is 11.8 Å². The summed E-state index contributed by atoms with van der Waals surface area (Å²) in [6.45, 7) is 7.40. The van der Waals surface area contributed by atoms with Crippen molar-refractivity contribution in [3.8, 4) is 22.9 Å². The van der Waals surface area contributed by atoms with Crippen LogP contribution in [0.15, 0.2) is 48.7 Å². The second-order valence-electron chi connectivity index (χ2n) is 7.42. The van der Waals surface area contributed by atoms with E-state index in [1.54, 1.807) is 41.2 Å². The van der Waals surface area contributed by atoms with Crippen molar-refractivity contribution < 1.29 is 14.3 Å². The maximum atomic E-state index is 11.8. The summed E-state index contributed by atoms with van der Waals surface area (Å²) < 4.78 is 12.9.